The highest BCUT2D eigenvalue weighted by Gasteiger charge is 2.23. The van der Waals surface area contributed by atoms with Gasteiger partial charge in [0.15, 0.2) is 5.82 Å². The van der Waals surface area contributed by atoms with E-state index < -0.39 is 0 Å². The molecule has 1 atom stereocenters. The van der Waals surface area contributed by atoms with Crippen LogP contribution in [0.1, 0.15) is 24.2 Å². The van der Waals surface area contributed by atoms with Crippen molar-refractivity contribution < 1.29 is 14.1 Å². The maximum absolute atomic E-state index is 12.2. The SMILES string of the molecule is O=C(Nc1cccc(-c2nc(Cc3ccc4[nH]ncc4c3)no2)c1)C1CCCO1. The number of carbonyl (C=O) groups excluding carboxylic acids is 1. The Labute approximate surface area is 166 Å². The summed E-state index contributed by atoms with van der Waals surface area (Å²) in [7, 11) is 0. The van der Waals surface area contributed by atoms with Gasteiger partial charge in [0.1, 0.15) is 6.10 Å². The fraction of sp³-hybridized carbons (Fsp3) is 0.238. The quantitative estimate of drug-likeness (QED) is 0.542. The van der Waals surface area contributed by atoms with E-state index in [1.807, 2.05) is 36.4 Å². The van der Waals surface area contributed by atoms with Crippen LogP contribution in [0.2, 0.25) is 0 Å². The van der Waals surface area contributed by atoms with Crippen molar-refractivity contribution in [3.63, 3.8) is 0 Å². The number of nitrogens with one attached hydrogen (secondary N) is 2. The third-order valence-electron chi connectivity index (χ3n) is 4.93. The second kappa shape index (κ2) is 7.48. The highest BCUT2D eigenvalue weighted by Crippen LogP contribution is 2.23. The van der Waals surface area contributed by atoms with Gasteiger partial charge in [-0.2, -0.15) is 10.1 Å². The first-order valence-electron chi connectivity index (χ1n) is 9.52. The van der Waals surface area contributed by atoms with Gasteiger partial charge in [0.05, 0.1) is 11.7 Å². The highest BCUT2D eigenvalue weighted by molar-refractivity contribution is 5.94. The molecule has 2 aromatic heterocycles. The summed E-state index contributed by atoms with van der Waals surface area (Å²) in [4.78, 5) is 16.8. The first-order chi connectivity index (χ1) is 14.2. The highest BCUT2D eigenvalue weighted by atomic mass is 16.5. The van der Waals surface area contributed by atoms with Gasteiger partial charge in [0.2, 0.25) is 0 Å². The Morgan fingerprint density at radius 1 is 1.24 bits per heavy atom. The van der Waals surface area contributed by atoms with Crippen molar-refractivity contribution in [3.05, 3.63) is 60.0 Å². The van der Waals surface area contributed by atoms with Crippen molar-refractivity contribution in [2.45, 2.75) is 25.4 Å². The van der Waals surface area contributed by atoms with Crippen molar-refractivity contribution in [2.75, 3.05) is 11.9 Å². The Balaban J connectivity index is 1.31. The third-order valence-corrected chi connectivity index (χ3v) is 4.93. The second-order valence-corrected chi connectivity index (χ2v) is 7.06. The molecule has 1 amide bonds. The number of aromatic amines is 1. The van der Waals surface area contributed by atoms with Gasteiger partial charge in [0, 0.05) is 29.7 Å². The molecule has 4 aromatic rings. The molecule has 0 aliphatic carbocycles. The number of hydrogen-bond acceptors (Lipinski definition) is 6. The standard InChI is InChI=1S/C21H19N5O3/c27-20(18-5-2-8-28-18)23-16-4-1-3-14(11-16)21-24-19(26-29-21)10-13-6-7-17-15(9-13)12-22-25-17/h1,3-4,6-7,9,11-12,18H,2,5,8,10H2,(H,22,25)(H,23,27). The van der Waals surface area contributed by atoms with Crippen LogP contribution in [0, 0.1) is 0 Å². The van der Waals surface area contributed by atoms with Gasteiger partial charge < -0.3 is 14.6 Å². The van der Waals surface area contributed by atoms with Gasteiger partial charge in [-0.25, -0.2) is 0 Å². The fourth-order valence-corrected chi connectivity index (χ4v) is 3.46. The summed E-state index contributed by atoms with van der Waals surface area (Å²) in [6, 6.07) is 13.4. The number of H-pyrrole nitrogens is 1. The van der Waals surface area contributed by atoms with E-state index in [-0.39, 0.29) is 12.0 Å². The average Bonchev–Trinajstić information content (AvgIpc) is 3.49. The molecule has 1 fully saturated rings. The van der Waals surface area contributed by atoms with Crippen molar-refractivity contribution >= 4 is 22.5 Å². The number of fused-ring (bicyclic) bond motifs is 1. The maximum Gasteiger partial charge on any atom is 0.258 e. The molecule has 5 rings (SSSR count). The van der Waals surface area contributed by atoms with E-state index in [1.165, 1.54) is 0 Å². The number of aromatic nitrogens is 4. The molecule has 0 spiro atoms. The first-order valence-corrected chi connectivity index (χ1v) is 9.52. The van der Waals surface area contributed by atoms with E-state index in [4.69, 9.17) is 9.26 Å². The summed E-state index contributed by atoms with van der Waals surface area (Å²) < 4.78 is 10.9. The molecule has 1 unspecified atom stereocenters. The number of ether oxygens (including phenoxy) is 1. The normalized spacial score (nSPS) is 16.3. The van der Waals surface area contributed by atoms with E-state index in [1.54, 1.807) is 6.20 Å². The lowest BCUT2D eigenvalue weighted by Crippen LogP contribution is -2.26. The number of amides is 1. The van der Waals surface area contributed by atoms with Gasteiger partial charge in [-0.1, -0.05) is 17.3 Å². The monoisotopic (exact) mass is 389 g/mol. The van der Waals surface area contributed by atoms with Crippen LogP contribution in [-0.2, 0) is 16.0 Å². The van der Waals surface area contributed by atoms with Crippen LogP contribution in [0.5, 0.6) is 0 Å². The number of benzene rings is 2. The topological polar surface area (TPSA) is 106 Å². The summed E-state index contributed by atoms with van der Waals surface area (Å²) >= 11 is 0. The van der Waals surface area contributed by atoms with Crippen LogP contribution in [0.4, 0.5) is 5.69 Å². The Morgan fingerprint density at radius 2 is 2.21 bits per heavy atom. The molecule has 146 valence electrons. The predicted molar refractivity (Wildman–Crippen MR) is 106 cm³/mol. The fourth-order valence-electron chi connectivity index (χ4n) is 3.46. The number of nitrogens with zero attached hydrogens (tertiary/aromatic N) is 3. The lowest BCUT2D eigenvalue weighted by molar-refractivity contribution is -0.124. The molecule has 0 bridgehead atoms. The Morgan fingerprint density at radius 3 is 3.10 bits per heavy atom. The molecule has 2 aromatic carbocycles. The largest absolute Gasteiger partial charge is 0.368 e. The van der Waals surface area contributed by atoms with Crippen LogP contribution in [0.15, 0.2) is 53.2 Å². The number of anilines is 1. The molecule has 8 heteroatoms. The van der Waals surface area contributed by atoms with Crippen LogP contribution < -0.4 is 5.32 Å². The zero-order chi connectivity index (χ0) is 19.6. The summed E-state index contributed by atoms with van der Waals surface area (Å²) in [6.07, 6.45) is 3.64. The zero-order valence-corrected chi connectivity index (χ0v) is 15.6. The van der Waals surface area contributed by atoms with Gasteiger partial charge in [-0.3, -0.25) is 9.89 Å². The molecular weight excluding hydrogens is 370 g/mol. The number of rotatable bonds is 5. The predicted octanol–water partition coefficient (Wildman–Crippen LogP) is 3.32. The Hall–Kier alpha value is -3.52. The summed E-state index contributed by atoms with van der Waals surface area (Å²) in [6.45, 7) is 0.635. The zero-order valence-electron chi connectivity index (χ0n) is 15.6. The number of hydrogen-bond donors (Lipinski definition) is 2. The van der Waals surface area contributed by atoms with Gasteiger partial charge in [-0.05, 0) is 48.7 Å². The molecule has 29 heavy (non-hydrogen) atoms. The Bertz CT molecular complexity index is 1160. The maximum atomic E-state index is 12.2. The summed E-state index contributed by atoms with van der Waals surface area (Å²) in [5.74, 6) is 0.884. The minimum Gasteiger partial charge on any atom is -0.368 e. The van der Waals surface area contributed by atoms with Gasteiger partial charge in [0.25, 0.3) is 11.8 Å². The molecule has 1 aliphatic heterocycles. The van der Waals surface area contributed by atoms with Crippen LogP contribution in [0.25, 0.3) is 22.4 Å². The van der Waals surface area contributed by atoms with E-state index in [0.29, 0.717) is 30.4 Å². The van der Waals surface area contributed by atoms with E-state index >= 15 is 0 Å². The molecule has 1 saturated heterocycles. The van der Waals surface area contributed by atoms with E-state index in [9.17, 15) is 4.79 Å². The molecule has 0 radical (unpaired) electrons. The second-order valence-electron chi connectivity index (χ2n) is 7.06. The third kappa shape index (κ3) is 3.74. The lowest BCUT2D eigenvalue weighted by atomic mass is 10.1. The summed E-state index contributed by atoms with van der Waals surface area (Å²) in [5, 5.41) is 15.0. The average molecular weight is 389 g/mol. The summed E-state index contributed by atoms with van der Waals surface area (Å²) in [5.41, 5.74) is 3.49. The van der Waals surface area contributed by atoms with Crippen molar-refractivity contribution in [2.24, 2.45) is 0 Å². The molecular formula is C21H19N5O3. The van der Waals surface area contributed by atoms with Gasteiger partial charge >= 0.3 is 0 Å². The van der Waals surface area contributed by atoms with E-state index in [0.717, 1.165) is 34.9 Å². The van der Waals surface area contributed by atoms with Crippen LogP contribution in [0.3, 0.4) is 0 Å². The first kappa shape index (κ1) is 17.6. The van der Waals surface area contributed by atoms with Crippen molar-refractivity contribution in [1.82, 2.24) is 20.3 Å². The van der Waals surface area contributed by atoms with Gasteiger partial charge in [-0.15, -0.1) is 0 Å². The number of carbonyl (C=O) groups is 1. The minimum atomic E-state index is -0.374. The smallest absolute Gasteiger partial charge is 0.258 e. The molecule has 0 saturated carbocycles. The molecule has 8 nitrogen and oxygen atoms in total. The molecule has 1 aliphatic rings. The van der Waals surface area contributed by atoms with Crippen molar-refractivity contribution in [3.8, 4) is 11.5 Å². The molecule has 3 heterocycles. The lowest BCUT2D eigenvalue weighted by Gasteiger charge is -2.10. The van der Waals surface area contributed by atoms with Crippen molar-refractivity contribution in [1.29, 1.82) is 0 Å². The molecule has 2 N–H and O–H groups in total. The van der Waals surface area contributed by atoms with Crippen LogP contribution in [-0.4, -0.2) is 39.0 Å². The van der Waals surface area contributed by atoms with E-state index in [2.05, 4.69) is 31.7 Å². The minimum absolute atomic E-state index is 0.125. The Kier molecular flexibility index (Phi) is 4.53. The van der Waals surface area contributed by atoms with Crippen LogP contribution >= 0.6 is 0 Å².